The number of anilines is 1. The summed E-state index contributed by atoms with van der Waals surface area (Å²) in [6.07, 6.45) is 4.65. The van der Waals surface area contributed by atoms with Gasteiger partial charge in [0.25, 0.3) is 0 Å². The molecular formula is C37H39NZr. The van der Waals surface area contributed by atoms with Crippen LogP contribution >= 0.6 is 0 Å². The van der Waals surface area contributed by atoms with E-state index in [0.717, 1.165) is 12.8 Å². The number of nitrogens with zero attached hydrogens (tertiary/aromatic N) is 1. The molecule has 0 atom stereocenters. The molecule has 0 saturated heterocycles. The van der Waals surface area contributed by atoms with Gasteiger partial charge in [0.05, 0.1) is 0 Å². The van der Waals surface area contributed by atoms with Crippen molar-refractivity contribution in [3.63, 3.8) is 0 Å². The maximum atomic E-state index is 2.72. The van der Waals surface area contributed by atoms with Crippen molar-refractivity contribution < 1.29 is 18.3 Å². The predicted molar refractivity (Wildman–Crippen MR) is 168 cm³/mol. The van der Waals surface area contributed by atoms with Crippen LogP contribution in [0, 0.1) is 0 Å². The molecule has 0 fully saturated rings. The van der Waals surface area contributed by atoms with E-state index in [4.69, 9.17) is 0 Å². The van der Waals surface area contributed by atoms with Crippen LogP contribution in [0.1, 0.15) is 42.5 Å². The van der Waals surface area contributed by atoms with Crippen molar-refractivity contribution in [2.24, 2.45) is 0 Å². The van der Waals surface area contributed by atoms with Crippen molar-refractivity contribution in [3.05, 3.63) is 140 Å². The van der Waals surface area contributed by atoms with Crippen molar-refractivity contribution in [3.8, 4) is 11.1 Å². The summed E-state index contributed by atoms with van der Waals surface area (Å²) in [4.78, 5) is 2.37. The van der Waals surface area contributed by atoms with Crippen LogP contribution < -0.4 is 8.17 Å². The van der Waals surface area contributed by atoms with Crippen LogP contribution in [0.15, 0.2) is 118 Å². The Balaban J connectivity index is 1.87. The average molecular weight is 589 g/mol. The molecule has 0 heterocycles. The zero-order valence-electron chi connectivity index (χ0n) is 24.2. The first kappa shape index (κ1) is 26.2. The zero-order valence-corrected chi connectivity index (χ0v) is 26.6. The van der Waals surface area contributed by atoms with Gasteiger partial charge < -0.3 is 0 Å². The van der Waals surface area contributed by atoms with Gasteiger partial charge >= 0.3 is 236 Å². The Bertz CT molecular complexity index is 1690. The molecule has 1 nitrogen and oxygen atoms in total. The van der Waals surface area contributed by atoms with Gasteiger partial charge in [-0.15, -0.1) is 0 Å². The first-order valence-corrected chi connectivity index (χ1v) is 22.8. The number of rotatable bonds is 5. The van der Waals surface area contributed by atoms with E-state index in [2.05, 4.69) is 145 Å². The van der Waals surface area contributed by atoms with Crippen LogP contribution in [0.25, 0.3) is 11.1 Å². The van der Waals surface area contributed by atoms with Crippen molar-refractivity contribution in [2.45, 2.75) is 36.0 Å². The van der Waals surface area contributed by atoms with E-state index in [1.165, 1.54) is 44.7 Å². The first-order chi connectivity index (χ1) is 18.7. The summed E-state index contributed by atoms with van der Waals surface area (Å²) in [5.74, 6) is 0. The molecule has 0 amide bonds. The molecule has 0 N–H and O–H groups in total. The summed E-state index contributed by atoms with van der Waals surface area (Å²) in [6.45, 7) is 4.64. The van der Waals surface area contributed by atoms with Gasteiger partial charge in [-0.1, -0.05) is 0 Å². The molecule has 0 radical (unpaired) electrons. The quantitative estimate of drug-likeness (QED) is 0.199. The second-order valence-corrected chi connectivity index (χ2v) is 28.2. The fourth-order valence-electron chi connectivity index (χ4n) is 7.44. The molecular weight excluding hydrogens is 550 g/mol. The van der Waals surface area contributed by atoms with Gasteiger partial charge in [0.15, 0.2) is 0 Å². The second-order valence-electron chi connectivity index (χ2n) is 12.5. The van der Waals surface area contributed by atoms with Crippen LogP contribution in [0.2, 0.25) is 9.26 Å². The summed E-state index contributed by atoms with van der Waals surface area (Å²) in [5.41, 5.74) is 12.9. The van der Waals surface area contributed by atoms with Crippen molar-refractivity contribution in [1.82, 2.24) is 0 Å². The summed E-state index contributed by atoms with van der Waals surface area (Å²) < 4.78 is 10.3. The Morgan fingerprint density at radius 3 is 1.82 bits per heavy atom. The average Bonchev–Trinajstić information content (AvgIpc) is 3.49. The monoisotopic (exact) mass is 587 g/mol. The maximum absolute atomic E-state index is 4.34. The fraction of sp³-hybridized carbons (Fsp3) is 0.216. The normalized spacial score (nSPS) is 14.7. The summed E-state index contributed by atoms with van der Waals surface area (Å²) >= 11 is -4.34. The molecule has 0 aromatic heterocycles. The van der Waals surface area contributed by atoms with E-state index < -0.39 is 18.3 Å². The second kappa shape index (κ2) is 9.53. The molecule has 2 aliphatic carbocycles. The SMILES string of the molecule is CC1=C(C)C[C]([Zr]([CH3])([CH3])(=[C](c2ccccc2)c2ccccc2)[c]2c(N(C)C)ccc3c2Cc2ccccc2-3)=C1. The summed E-state index contributed by atoms with van der Waals surface area (Å²) in [7, 11) is 4.46. The molecule has 0 aliphatic heterocycles. The molecule has 4 aromatic carbocycles. The van der Waals surface area contributed by atoms with Gasteiger partial charge in [-0.05, 0) is 0 Å². The van der Waals surface area contributed by atoms with Gasteiger partial charge in [-0.25, -0.2) is 0 Å². The zero-order chi connectivity index (χ0) is 27.4. The molecule has 2 aliphatic rings. The van der Waals surface area contributed by atoms with Crippen LogP contribution in [0.5, 0.6) is 0 Å². The molecule has 0 bridgehead atoms. The van der Waals surface area contributed by atoms with E-state index in [1.807, 2.05) is 0 Å². The van der Waals surface area contributed by atoms with Crippen LogP contribution in [0.4, 0.5) is 5.69 Å². The van der Waals surface area contributed by atoms with E-state index in [9.17, 15) is 0 Å². The van der Waals surface area contributed by atoms with E-state index in [0.29, 0.717) is 0 Å². The molecule has 39 heavy (non-hydrogen) atoms. The van der Waals surface area contributed by atoms with Crippen LogP contribution in [-0.4, -0.2) is 17.3 Å². The Hall–Kier alpha value is -3.09. The minimum atomic E-state index is -4.34. The standard InChI is InChI=1S/C15H14N.C13H10.C7H9.2CH3.Zr/c1-16(2)13-7-8-15-12(10-13)9-11-5-3-4-6-14(11)15;1-3-7-12(8-4-1)11-13-9-5-2-6-10-13;1-6-4-3-5-7(6)2;;;/h3-8H,9H2,1-2H3;1-10H;4H,5H2,1-2H3;2*1H3;. The third kappa shape index (κ3) is 4.03. The third-order valence-corrected chi connectivity index (χ3v) is 25.2. The molecule has 196 valence electrons. The molecule has 0 saturated carbocycles. The van der Waals surface area contributed by atoms with Crippen molar-refractivity contribution >= 4 is 12.2 Å². The molecule has 6 rings (SSSR count). The number of benzene rings is 4. The van der Waals surface area contributed by atoms with E-state index in [-0.39, 0.29) is 0 Å². The van der Waals surface area contributed by atoms with Crippen LogP contribution in [-0.2, 0) is 24.7 Å². The van der Waals surface area contributed by atoms with Gasteiger partial charge in [0.2, 0.25) is 0 Å². The summed E-state index contributed by atoms with van der Waals surface area (Å²) in [5, 5.41) is 0. The van der Waals surface area contributed by atoms with Crippen LogP contribution in [0.3, 0.4) is 0 Å². The Morgan fingerprint density at radius 2 is 1.26 bits per heavy atom. The van der Waals surface area contributed by atoms with Gasteiger partial charge in [0.1, 0.15) is 0 Å². The Kier molecular flexibility index (Phi) is 6.39. The third-order valence-electron chi connectivity index (χ3n) is 9.56. The first-order valence-electron chi connectivity index (χ1n) is 14.2. The number of fused-ring (bicyclic) bond motifs is 3. The number of allylic oxidation sites excluding steroid dienone is 4. The van der Waals surface area contributed by atoms with Gasteiger partial charge in [-0.2, -0.15) is 0 Å². The van der Waals surface area contributed by atoms with E-state index in [1.54, 1.807) is 15.3 Å². The molecule has 0 spiro atoms. The predicted octanol–water partition coefficient (Wildman–Crippen LogP) is 8.63. The molecule has 0 unspecified atom stereocenters. The molecule has 4 aromatic rings. The van der Waals surface area contributed by atoms with Gasteiger partial charge in [-0.3, -0.25) is 0 Å². The van der Waals surface area contributed by atoms with E-state index >= 15 is 0 Å². The fourth-order valence-corrected chi connectivity index (χ4v) is 23.7. The van der Waals surface area contributed by atoms with Gasteiger partial charge in [0, 0.05) is 0 Å². The van der Waals surface area contributed by atoms with Crippen molar-refractivity contribution in [1.29, 1.82) is 0 Å². The topological polar surface area (TPSA) is 3.24 Å². The number of hydrogen-bond acceptors (Lipinski definition) is 1. The van der Waals surface area contributed by atoms with Crippen molar-refractivity contribution in [2.75, 3.05) is 19.0 Å². The number of hydrogen-bond donors (Lipinski definition) is 0. The summed E-state index contributed by atoms with van der Waals surface area (Å²) in [6, 6.07) is 36.4. The Morgan fingerprint density at radius 1 is 0.667 bits per heavy atom. The Labute approximate surface area is 235 Å². The molecule has 2 heteroatoms. The minimum absolute atomic E-state index is 1.00.